The maximum Gasteiger partial charge on any atom is 0.191 e. The summed E-state index contributed by atoms with van der Waals surface area (Å²) < 4.78 is 26.8. The molecule has 0 unspecified atom stereocenters. The van der Waals surface area contributed by atoms with Crippen LogP contribution < -0.4 is 10.6 Å². The van der Waals surface area contributed by atoms with Crippen LogP contribution in [-0.2, 0) is 14.6 Å². The number of sulfone groups is 1. The van der Waals surface area contributed by atoms with E-state index in [0.29, 0.717) is 25.7 Å². The smallest absolute Gasteiger partial charge is 0.191 e. The van der Waals surface area contributed by atoms with Crippen molar-refractivity contribution >= 4 is 15.8 Å². The van der Waals surface area contributed by atoms with Gasteiger partial charge in [-0.3, -0.25) is 4.99 Å². The molecule has 7 heteroatoms. The average molecular weight is 263 g/mol. The molecular formula is C10H21N3O3S. The van der Waals surface area contributed by atoms with Crippen LogP contribution in [0.15, 0.2) is 17.6 Å². The van der Waals surface area contributed by atoms with Crippen molar-refractivity contribution in [1.82, 2.24) is 10.6 Å². The molecule has 0 saturated carbocycles. The fraction of sp³-hybridized carbons (Fsp3) is 0.700. The van der Waals surface area contributed by atoms with Crippen LogP contribution in [0.2, 0.25) is 0 Å². The first-order chi connectivity index (χ1) is 7.99. The summed E-state index contributed by atoms with van der Waals surface area (Å²) >= 11 is 0. The van der Waals surface area contributed by atoms with Gasteiger partial charge in [-0.2, -0.15) is 0 Å². The van der Waals surface area contributed by atoms with Crippen molar-refractivity contribution in [3.63, 3.8) is 0 Å². The lowest BCUT2D eigenvalue weighted by atomic mass is 10.6. The molecule has 0 aromatic carbocycles. The third kappa shape index (κ3) is 11.2. The van der Waals surface area contributed by atoms with Crippen molar-refractivity contribution < 1.29 is 13.2 Å². The number of hydrogen-bond acceptors (Lipinski definition) is 4. The third-order valence-corrected chi connectivity index (χ3v) is 2.68. The van der Waals surface area contributed by atoms with E-state index in [9.17, 15) is 8.42 Å². The summed E-state index contributed by atoms with van der Waals surface area (Å²) in [6, 6.07) is 0. The Labute approximate surface area is 103 Å². The second-order valence-corrected chi connectivity index (χ2v) is 5.67. The van der Waals surface area contributed by atoms with E-state index in [0.717, 1.165) is 0 Å². The zero-order chi connectivity index (χ0) is 13.1. The number of hydrogen-bond donors (Lipinski definition) is 2. The molecule has 17 heavy (non-hydrogen) atoms. The second-order valence-electron chi connectivity index (χ2n) is 3.41. The van der Waals surface area contributed by atoms with E-state index in [4.69, 9.17) is 4.74 Å². The van der Waals surface area contributed by atoms with Gasteiger partial charge in [-0.25, -0.2) is 8.42 Å². The van der Waals surface area contributed by atoms with Gasteiger partial charge in [0.15, 0.2) is 5.96 Å². The molecule has 0 spiro atoms. The van der Waals surface area contributed by atoms with E-state index in [-0.39, 0.29) is 12.4 Å². The number of nitrogens with one attached hydrogen (secondary N) is 2. The molecule has 100 valence electrons. The van der Waals surface area contributed by atoms with E-state index < -0.39 is 9.84 Å². The van der Waals surface area contributed by atoms with Crippen LogP contribution >= 0.6 is 0 Å². The largest absolute Gasteiger partial charge is 0.379 e. The third-order valence-electron chi connectivity index (χ3n) is 1.77. The zero-order valence-electron chi connectivity index (χ0n) is 10.4. The fourth-order valence-corrected chi connectivity index (χ4v) is 1.36. The van der Waals surface area contributed by atoms with Gasteiger partial charge in [0.2, 0.25) is 0 Å². The zero-order valence-corrected chi connectivity index (χ0v) is 11.2. The highest BCUT2D eigenvalue weighted by Crippen LogP contribution is 1.83. The maximum atomic E-state index is 10.8. The van der Waals surface area contributed by atoms with E-state index in [2.05, 4.69) is 22.2 Å². The first-order valence-electron chi connectivity index (χ1n) is 5.30. The predicted octanol–water partition coefficient (Wildman–Crippen LogP) is -0.601. The van der Waals surface area contributed by atoms with Crippen LogP contribution in [0.5, 0.6) is 0 Å². The average Bonchev–Trinajstić information content (AvgIpc) is 2.25. The van der Waals surface area contributed by atoms with E-state index in [1.54, 1.807) is 13.1 Å². The van der Waals surface area contributed by atoms with Crippen LogP contribution in [0.25, 0.3) is 0 Å². The molecule has 0 aliphatic heterocycles. The molecule has 0 aliphatic carbocycles. The summed E-state index contributed by atoms with van der Waals surface area (Å²) in [6.45, 7) is 5.44. The number of nitrogens with zero attached hydrogens (tertiary/aromatic N) is 1. The van der Waals surface area contributed by atoms with Crippen LogP contribution in [0.3, 0.4) is 0 Å². The Morgan fingerprint density at radius 1 is 1.41 bits per heavy atom. The molecule has 0 rings (SSSR count). The highest BCUT2D eigenvalue weighted by molar-refractivity contribution is 7.90. The van der Waals surface area contributed by atoms with Gasteiger partial charge in [-0.15, -0.1) is 6.58 Å². The molecular weight excluding hydrogens is 242 g/mol. The van der Waals surface area contributed by atoms with Crippen molar-refractivity contribution in [2.45, 2.75) is 0 Å². The molecule has 0 aromatic rings. The van der Waals surface area contributed by atoms with E-state index in [1.165, 1.54) is 6.26 Å². The molecule has 0 amide bonds. The van der Waals surface area contributed by atoms with Crippen molar-refractivity contribution in [1.29, 1.82) is 0 Å². The van der Waals surface area contributed by atoms with Gasteiger partial charge in [-0.1, -0.05) is 6.08 Å². The van der Waals surface area contributed by atoms with Gasteiger partial charge >= 0.3 is 0 Å². The fourth-order valence-electron chi connectivity index (χ4n) is 0.943. The second kappa shape index (κ2) is 9.00. The summed E-state index contributed by atoms with van der Waals surface area (Å²) in [7, 11) is -1.27. The number of guanidine groups is 1. The van der Waals surface area contributed by atoms with Crippen LogP contribution in [0.1, 0.15) is 0 Å². The summed E-state index contributed by atoms with van der Waals surface area (Å²) in [5, 5.41) is 6.02. The molecule has 0 bridgehead atoms. The highest BCUT2D eigenvalue weighted by Gasteiger charge is 2.01. The Morgan fingerprint density at radius 2 is 2.12 bits per heavy atom. The lowest BCUT2D eigenvalue weighted by Crippen LogP contribution is -2.39. The molecule has 0 saturated heterocycles. The maximum absolute atomic E-state index is 10.8. The van der Waals surface area contributed by atoms with Gasteiger partial charge in [0.1, 0.15) is 9.84 Å². The molecule has 0 atom stereocenters. The molecule has 6 nitrogen and oxygen atoms in total. The van der Waals surface area contributed by atoms with Gasteiger partial charge in [-0.05, 0) is 0 Å². The van der Waals surface area contributed by atoms with Gasteiger partial charge in [0.25, 0.3) is 0 Å². The first-order valence-corrected chi connectivity index (χ1v) is 7.36. The predicted molar refractivity (Wildman–Crippen MR) is 70.1 cm³/mol. The van der Waals surface area contributed by atoms with Crippen LogP contribution in [-0.4, -0.2) is 59.7 Å². The van der Waals surface area contributed by atoms with Gasteiger partial charge < -0.3 is 15.4 Å². The van der Waals surface area contributed by atoms with Crippen molar-refractivity contribution in [2.75, 3.05) is 45.4 Å². The quantitative estimate of drug-likeness (QED) is 0.264. The summed E-state index contributed by atoms with van der Waals surface area (Å²) in [6.07, 6.45) is 2.92. The van der Waals surface area contributed by atoms with Crippen molar-refractivity contribution in [3.8, 4) is 0 Å². The van der Waals surface area contributed by atoms with Crippen molar-refractivity contribution in [3.05, 3.63) is 12.7 Å². The monoisotopic (exact) mass is 263 g/mol. The first kappa shape index (κ1) is 15.9. The number of ether oxygens (including phenoxy) is 1. The molecule has 0 fully saturated rings. The Bertz CT molecular complexity index is 339. The number of rotatable bonds is 8. The minimum absolute atomic E-state index is 0.0520. The summed E-state index contributed by atoms with van der Waals surface area (Å²) in [5.41, 5.74) is 0. The van der Waals surface area contributed by atoms with Crippen LogP contribution in [0, 0.1) is 0 Å². The van der Waals surface area contributed by atoms with Crippen LogP contribution in [0.4, 0.5) is 0 Å². The van der Waals surface area contributed by atoms with Crippen molar-refractivity contribution in [2.24, 2.45) is 4.99 Å². The molecule has 0 radical (unpaired) electrons. The standard InChI is InChI=1S/C10H21N3O3S/c1-4-5-12-10(11-2)13-6-7-16-8-9-17(3,14)15/h4H,1,5-9H2,2-3H3,(H2,11,12,13). The lowest BCUT2D eigenvalue weighted by molar-refractivity contribution is 0.154. The van der Waals surface area contributed by atoms with E-state index >= 15 is 0 Å². The highest BCUT2D eigenvalue weighted by atomic mass is 32.2. The lowest BCUT2D eigenvalue weighted by Gasteiger charge is -2.10. The van der Waals surface area contributed by atoms with Gasteiger partial charge in [0, 0.05) is 26.4 Å². The molecule has 0 heterocycles. The normalized spacial score (nSPS) is 12.2. The minimum Gasteiger partial charge on any atom is -0.379 e. The Balaban J connectivity index is 3.53. The van der Waals surface area contributed by atoms with Gasteiger partial charge in [0.05, 0.1) is 19.0 Å². The topological polar surface area (TPSA) is 79.8 Å². The SMILES string of the molecule is C=CCNC(=NC)NCCOCCS(C)(=O)=O. The molecule has 2 N–H and O–H groups in total. The summed E-state index contributed by atoms with van der Waals surface area (Å²) in [5.74, 6) is 0.716. The Kier molecular flexibility index (Phi) is 8.43. The molecule has 0 aliphatic rings. The van der Waals surface area contributed by atoms with E-state index in [1.807, 2.05) is 0 Å². The Hall–Kier alpha value is -1.08. The Morgan fingerprint density at radius 3 is 2.65 bits per heavy atom. The summed E-state index contributed by atoms with van der Waals surface area (Å²) in [4.78, 5) is 3.98. The molecule has 0 aromatic heterocycles. The minimum atomic E-state index is -2.94. The number of aliphatic imine (C=N–C) groups is 1.